The van der Waals surface area contributed by atoms with Crippen molar-refractivity contribution in [3.63, 3.8) is 0 Å². The first kappa shape index (κ1) is 14.7. The number of carbonyl (C=O) groups is 1. The highest BCUT2D eigenvalue weighted by atomic mass is 16.2. The fraction of sp³-hybridized carbons (Fsp3) is 0.600. The quantitative estimate of drug-likeness (QED) is 0.850. The molecule has 0 unspecified atom stereocenters. The van der Waals surface area contributed by atoms with Gasteiger partial charge in [0.05, 0.1) is 17.6 Å². The molecule has 0 spiro atoms. The number of fused-ring (bicyclic) bond motifs is 1. The van der Waals surface area contributed by atoms with E-state index in [1.807, 2.05) is 32.0 Å². The van der Waals surface area contributed by atoms with E-state index in [4.69, 9.17) is 0 Å². The summed E-state index contributed by atoms with van der Waals surface area (Å²) in [6.07, 6.45) is 2.79. The van der Waals surface area contributed by atoms with E-state index in [-0.39, 0.29) is 11.9 Å². The van der Waals surface area contributed by atoms with Gasteiger partial charge in [0.25, 0.3) is 0 Å². The Balaban J connectivity index is 1.92. The molecule has 0 aromatic carbocycles. The molecule has 3 heterocycles. The minimum absolute atomic E-state index is 0.139. The van der Waals surface area contributed by atoms with Crippen molar-refractivity contribution in [3.05, 3.63) is 12.0 Å². The Morgan fingerprint density at radius 1 is 1.45 bits per heavy atom. The number of anilines is 1. The molecule has 0 N–H and O–H groups in total. The second-order valence-electron chi connectivity index (χ2n) is 5.79. The van der Waals surface area contributed by atoms with Crippen LogP contribution >= 0.6 is 0 Å². The molecule has 1 amide bonds. The third kappa shape index (κ3) is 2.40. The predicted octanol–water partition coefficient (Wildman–Crippen LogP) is 1.12. The van der Waals surface area contributed by atoms with Crippen molar-refractivity contribution in [3.8, 4) is 0 Å². The summed E-state index contributed by atoms with van der Waals surface area (Å²) in [7, 11) is 1.89. The van der Waals surface area contributed by atoms with E-state index in [1.54, 1.807) is 11.6 Å². The minimum atomic E-state index is 0.139. The van der Waals surface area contributed by atoms with Gasteiger partial charge in [-0.05, 0) is 20.3 Å². The number of rotatable bonds is 3. The van der Waals surface area contributed by atoms with E-state index >= 15 is 0 Å². The molecule has 3 rings (SSSR count). The van der Waals surface area contributed by atoms with Crippen LogP contribution in [0.1, 0.15) is 26.1 Å². The number of hydrogen-bond donors (Lipinski definition) is 0. The van der Waals surface area contributed by atoms with Crippen LogP contribution in [0.15, 0.2) is 6.20 Å². The van der Waals surface area contributed by atoms with E-state index in [0.717, 1.165) is 48.7 Å². The summed E-state index contributed by atoms with van der Waals surface area (Å²) in [5.41, 5.74) is 0.852. The first-order valence-corrected chi connectivity index (χ1v) is 7.69. The molecule has 0 radical (unpaired) electrons. The van der Waals surface area contributed by atoms with Crippen molar-refractivity contribution in [1.29, 1.82) is 0 Å². The normalized spacial score (nSPS) is 18.2. The predicted molar refractivity (Wildman–Crippen MR) is 84.7 cm³/mol. The summed E-state index contributed by atoms with van der Waals surface area (Å²) in [4.78, 5) is 25.0. The van der Waals surface area contributed by atoms with Gasteiger partial charge in [0, 0.05) is 33.6 Å². The number of likely N-dealkylation sites (N-methyl/N-ethyl adjacent to an activating group) is 1. The number of aryl methyl sites for hydroxylation is 2. The maximum absolute atomic E-state index is 11.7. The maximum Gasteiger partial charge on any atom is 0.219 e. The highest BCUT2D eigenvalue weighted by molar-refractivity contribution is 5.87. The second kappa shape index (κ2) is 5.55. The molecule has 0 bridgehead atoms. The molecule has 118 valence electrons. The van der Waals surface area contributed by atoms with Gasteiger partial charge in [-0.25, -0.2) is 9.97 Å². The Kier molecular flexibility index (Phi) is 3.72. The van der Waals surface area contributed by atoms with Gasteiger partial charge in [0.1, 0.15) is 11.6 Å². The average Bonchev–Trinajstić information content (AvgIpc) is 3.07. The zero-order chi connectivity index (χ0) is 15.9. The molecule has 2 aromatic rings. The molecule has 7 heteroatoms. The summed E-state index contributed by atoms with van der Waals surface area (Å²) in [6, 6.07) is 0.254. The van der Waals surface area contributed by atoms with Crippen LogP contribution in [0, 0.1) is 6.92 Å². The van der Waals surface area contributed by atoms with Crippen LogP contribution in [0.25, 0.3) is 11.0 Å². The van der Waals surface area contributed by atoms with Crippen LogP contribution in [-0.4, -0.2) is 56.2 Å². The van der Waals surface area contributed by atoms with Crippen molar-refractivity contribution in [1.82, 2.24) is 24.6 Å². The number of carbonyl (C=O) groups excluding carboxylic acids is 1. The van der Waals surface area contributed by atoms with Crippen molar-refractivity contribution >= 4 is 22.8 Å². The minimum Gasteiger partial charge on any atom is -0.354 e. The largest absolute Gasteiger partial charge is 0.354 e. The molecule has 0 aliphatic carbocycles. The van der Waals surface area contributed by atoms with Gasteiger partial charge in [-0.15, -0.1) is 0 Å². The Morgan fingerprint density at radius 3 is 2.91 bits per heavy atom. The molecule has 2 aromatic heterocycles. The zero-order valence-corrected chi connectivity index (χ0v) is 13.6. The molecule has 1 atom stereocenters. The highest BCUT2D eigenvalue weighted by Gasteiger charge is 2.30. The van der Waals surface area contributed by atoms with E-state index in [0.29, 0.717) is 0 Å². The molecular weight excluding hydrogens is 280 g/mol. The lowest BCUT2D eigenvalue weighted by molar-refractivity contribution is -0.130. The molecule has 7 nitrogen and oxygen atoms in total. The van der Waals surface area contributed by atoms with Crippen LogP contribution < -0.4 is 4.90 Å². The van der Waals surface area contributed by atoms with Gasteiger partial charge < -0.3 is 9.80 Å². The van der Waals surface area contributed by atoms with Gasteiger partial charge in [-0.1, -0.05) is 0 Å². The number of amides is 1. The number of hydrogen-bond acceptors (Lipinski definition) is 5. The Morgan fingerprint density at radius 2 is 2.23 bits per heavy atom. The van der Waals surface area contributed by atoms with Gasteiger partial charge in [-0.2, -0.15) is 5.10 Å². The van der Waals surface area contributed by atoms with Gasteiger partial charge in [0.15, 0.2) is 5.65 Å². The fourth-order valence-electron chi connectivity index (χ4n) is 3.28. The molecule has 1 fully saturated rings. The molecule has 0 saturated carbocycles. The van der Waals surface area contributed by atoms with E-state index in [2.05, 4.69) is 20.0 Å². The van der Waals surface area contributed by atoms with Crippen molar-refractivity contribution in [2.45, 2.75) is 33.2 Å². The van der Waals surface area contributed by atoms with Crippen molar-refractivity contribution in [2.75, 3.05) is 24.5 Å². The molecule has 1 saturated heterocycles. The lowest BCUT2D eigenvalue weighted by Gasteiger charge is -2.27. The highest BCUT2D eigenvalue weighted by Crippen LogP contribution is 2.28. The van der Waals surface area contributed by atoms with Gasteiger partial charge in [-0.3, -0.25) is 9.48 Å². The summed E-state index contributed by atoms with van der Waals surface area (Å²) < 4.78 is 1.77. The fourth-order valence-corrected chi connectivity index (χ4v) is 3.28. The average molecular weight is 302 g/mol. The first-order chi connectivity index (χ1) is 10.5. The topological polar surface area (TPSA) is 67.2 Å². The van der Waals surface area contributed by atoms with Crippen molar-refractivity contribution < 1.29 is 4.79 Å². The Bertz CT molecular complexity index is 709. The summed E-state index contributed by atoms with van der Waals surface area (Å²) in [5.74, 6) is 1.81. The van der Waals surface area contributed by atoms with Crippen LogP contribution in [0.5, 0.6) is 0 Å². The third-order valence-electron chi connectivity index (χ3n) is 4.33. The number of aromatic nitrogens is 4. The maximum atomic E-state index is 11.7. The SMILES string of the molecule is CCN(C(C)=O)[C@H]1CCN(c2nc(C)nc3c2cnn3C)C1. The second-order valence-corrected chi connectivity index (χ2v) is 5.79. The lowest BCUT2D eigenvalue weighted by atomic mass is 10.2. The molecule has 1 aliphatic rings. The first-order valence-electron chi connectivity index (χ1n) is 7.69. The Hall–Kier alpha value is -2.18. The van der Waals surface area contributed by atoms with E-state index in [1.165, 1.54) is 0 Å². The van der Waals surface area contributed by atoms with Crippen molar-refractivity contribution in [2.24, 2.45) is 7.05 Å². The van der Waals surface area contributed by atoms with Gasteiger partial charge in [0.2, 0.25) is 5.91 Å². The zero-order valence-electron chi connectivity index (χ0n) is 13.6. The lowest BCUT2D eigenvalue weighted by Crippen LogP contribution is -2.40. The van der Waals surface area contributed by atoms with Gasteiger partial charge >= 0.3 is 0 Å². The third-order valence-corrected chi connectivity index (χ3v) is 4.33. The smallest absolute Gasteiger partial charge is 0.219 e. The monoisotopic (exact) mass is 302 g/mol. The van der Waals surface area contributed by atoms with E-state index in [9.17, 15) is 4.79 Å². The molecule has 22 heavy (non-hydrogen) atoms. The standard InChI is InChI=1S/C15H22N6O/c1-5-21(11(3)22)12-6-7-20(9-12)15-13-8-16-19(4)14(13)17-10(2)18-15/h8,12H,5-7,9H2,1-4H3/t12-/m0/s1. The molecule has 1 aliphatic heterocycles. The summed E-state index contributed by atoms with van der Waals surface area (Å²) >= 11 is 0. The molecular formula is C15H22N6O. The van der Waals surface area contributed by atoms with Crippen LogP contribution in [0.2, 0.25) is 0 Å². The summed E-state index contributed by atoms with van der Waals surface area (Å²) in [5, 5.41) is 5.26. The van der Waals surface area contributed by atoms with Crippen LogP contribution in [0.4, 0.5) is 5.82 Å². The Labute approximate surface area is 129 Å². The van der Waals surface area contributed by atoms with Crippen LogP contribution in [-0.2, 0) is 11.8 Å². The van der Waals surface area contributed by atoms with E-state index < -0.39 is 0 Å². The summed E-state index contributed by atoms with van der Waals surface area (Å²) in [6.45, 7) is 8.03. The number of nitrogens with zero attached hydrogens (tertiary/aromatic N) is 6. The van der Waals surface area contributed by atoms with Crippen LogP contribution in [0.3, 0.4) is 0 Å².